The van der Waals surface area contributed by atoms with Crippen LogP contribution in [0.2, 0.25) is 0 Å². The van der Waals surface area contributed by atoms with E-state index in [-0.39, 0.29) is 6.09 Å². The highest BCUT2D eigenvalue weighted by molar-refractivity contribution is 7.14. The summed E-state index contributed by atoms with van der Waals surface area (Å²) < 4.78 is 5.51. The van der Waals surface area contributed by atoms with Crippen LogP contribution in [-0.4, -0.2) is 47.8 Å². The van der Waals surface area contributed by atoms with Gasteiger partial charge in [-0.05, 0) is 20.8 Å². The van der Waals surface area contributed by atoms with Crippen molar-refractivity contribution in [1.29, 1.82) is 0 Å². The lowest BCUT2D eigenvalue weighted by Gasteiger charge is -2.26. The zero-order valence-electron chi connectivity index (χ0n) is 15.5. The molecule has 0 saturated carbocycles. The molecule has 0 aliphatic carbocycles. The molecule has 2 atom stereocenters. The molecule has 5 nitrogen and oxygen atoms in total. The normalized spacial score (nSPS) is 22.6. The molecule has 2 saturated heterocycles. The summed E-state index contributed by atoms with van der Waals surface area (Å²) in [5, 5.41) is 3.22. The molecule has 1 amide bonds. The first-order valence-corrected chi connectivity index (χ1v) is 10.0. The van der Waals surface area contributed by atoms with Crippen LogP contribution < -0.4 is 4.90 Å². The summed E-state index contributed by atoms with van der Waals surface area (Å²) in [5.41, 5.74) is 1.76. The Morgan fingerprint density at radius 1 is 1.12 bits per heavy atom. The number of likely N-dealkylation sites (tertiary alicyclic amines) is 1. The Balaban J connectivity index is 1.38. The molecule has 1 aromatic carbocycles. The Labute approximate surface area is 158 Å². The van der Waals surface area contributed by atoms with Crippen LogP contribution in [-0.2, 0) is 4.74 Å². The van der Waals surface area contributed by atoms with Crippen LogP contribution in [0.4, 0.5) is 9.93 Å². The van der Waals surface area contributed by atoms with Crippen molar-refractivity contribution in [1.82, 2.24) is 9.88 Å². The van der Waals surface area contributed by atoms with Gasteiger partial charge in [-0.3, -0.25) is 0 Å². The average molecular weight is 372 g/mol. The van der Waals surface area contributed by atoms with Gasteiger partial charge in [0.2, 0.25) is 0 Å². The van der Waals surface area contributed by atoms with E-state index in [1.165, 1.54) is 0 Å². The molecule has 2 aliphatic rings. The minimum atomic E-state index is -0.435. The second kappa shape index (κ2) is 6.58. The molecule has 1 aromatic heterocycles. The highest BCUT2D eigenvalue weighted by Gasteiger charge is 2.43. The van der Waals surface area contributed by atoms with Crippen molar-refractivity contribution in [2.24, 2.45) is 11.8 Å². The Bertz CT molecular complexity index is 770. The third-order valence-electron chi connectivity index (χ3n) is 4.97. The molecule has 26 heavy (non-hydrogen) atoms. The summed E-state index contributed by atoms with van der Waals surface area (Å²) in [5.74, 6) is 1.01. The summed E-state index contributed by atoms with van der Waals surface area (Å²) in [6, 6.07) is 10.3. The molecule has 0 N–H and O–H groups in total. The van der Waals surface area contributed by atoms with Crippen molar-refractivity contribution in [3.05, 3.63) is 35.7 Å². The number of rotatable bonds is 2. The Kier molecular flexibility index (Phi) is 4.39. The van der Waals surface area contributed by atoms with Crippen molar-refractivity contribution in [2.75, 3.05) is 31.1 Å². The molecule has 0 bridgehead atoms. The Morgan fingerprint density at radius 3 is 2.38 bits per heavy atom. The fraction of sp³-hybridized carbons (Fsp3) is 0.500. The minimum absolute atomic E-state index is 0.181. The van der Waals surface area contributed by atoms with Gasteiger partial charge < -0.3 is 14.5 Å². The number of thiazole rings is 1. The van der Waals surface area contributed by atoms with Crippen molar-refractivity contribution in [3.8, 4) is 11.3 Å². The van der Waals surface area contributed by atoms with E-state index in [1.54, 1.807) is 11.3 Å². The quantitative estimate of drug-likeness (QED) is 0.797. The van der Waals surface area contributed by atoms with E-state index in [2.05, 4.69) is 22.4 Å². The van der Waals surface area contributed by atoms with Gasteiger partial charge in [0, 0.05) is 49.0 Å². The molecule has 6 heteroatoms. The van der Waals surface area contributed by atoms with Gasteiger partial charge in [-0.2, -0.15) is 0 Å². The van der Waals surface area contributed by atoms with E-state index in [9.17, 15) is 4.79 Å². The fourth-order valence-corrected chi connectivity index (χ4v) is 4.63. The van der Waals surface area contributed by atoms with Gasteiger partial charge in [0.25, 0.3) is 0 Å². The van der Waals surface area contributed by atoms with Crippen LogP contribution in [0, 0.1) is 11.8 Å². The van der Waals surface area contributed by atoms with Crippen molar-refractivity contribution < 1.29 is 9.53 Å². The molecule has 2 unspecified atom stereocenters. The number of amides is 1. The fourth-order valence-electron chi connectivity index (χ4n) is 3.78. The zero-order valence-corrected chi connectivity index (χ0v) is 16.3. The zero-order chi connectivity index (χ0) is 18.3. The predicted molar refractivity (Wildman–Crippen MR) is 105 cm³/mol. The topological polar surface area (TPSA) is 45.7 Å². The summed E-state index contributed by atoms with van der Waals surface area (Å²) >= 11 is 1.70. The summed E-state index contributed by atoms with van der Waals surface area (Å²) in [6.45, 7) is 9.24. The van der Waals surface area contributed by atoms with Gasteiger partial charge in [-0.1, -0.05) is 30.3 Å². The van der Waals surface area contributed by atoms with E-state index in [1.807, 2.05) is 43.9 Å². The number of benzene rings is 1. The monoisotopic (exact) mass is 371 g/mol. The molecule has 2 aliphatic heterocycles. The van der Waals surface area contributed by atoms with Crippen molar-refractivity contribution in [3.63, 3.8) is 0 Å². The van der Waals surface area contributed by atoms with Gasteiger partial charge in [0.15, 0.2) is 5.13 Å². The van der Waals surface area contributed by atoms with Crippen LogP contribution in [0.3, 0.4) is 0 Å². The second-order valence-electron chi connectivity index (χ2n) is 8.19. The van der Waals surface area contributed by atoms with Crippen LogP contribution in [0.5, 0.6) is 0 Å². The van der Waals surface area contributed by atoms with Gasteiger partial charge in [0.1, 0.15) is 5.60 Å². The molecule has 2 fully saturated rings. The smallest absolute Gasteiger partial charge is 0.410 e. The van der Waals surface area contributed by atoms with Gasteiger partial charge in [0.05, 0.1) is 5.69 Å². The SMILES string of the molecule is CC(C)(C)OC(=O)N1CC2CN(c3nc(-c4ccccc4)cs3)CC2C1. The van der Waals surface area contributed by atoms with E-state index in [0.29, 0.717) is 11.8 Å². The number of carbonyl (C=O) groups is 1. The maximum Gasteiger partial charge on any atom is 0.410 e. The van der Waals surface area contributed by atoms with Gasteiger partial charge in [-0.15, -0.1) is 11.3 Å². The summed E-state index contributed by atoms with van der Waals surface area (Å²) in [4.78, 5) is 21.4. The standard InChI is InChI=1S/C20H25N3O2S/c1-20(2,3)25-19(24)23-11-15-9-22(10-16(15)12-23)18-21-17(13-26-18)14-7-5-4-6-8-14/h4-8,13,15-16H,9-12H2,1-3H3. The average Bonchev–Trinajstić information content (AvgIpc) is 3.28. The highest BCUT2D eigenvalue weighted by Crippen LogP contribution is 2.36. The maximum absolute atomic E-state index is 12.3. The van der Waals surface area contributed by atoms with E-state index in [4.69, 9.17) is 9.72 Å². The van der Waals surface area contributed by atoms with Crippen LogP contribution >= 0.6 is 11.3 Å². The molecule has 138 valence electrons. The second-order valence-corrected chi connectivity index (χ2v) is 9.03. The Hall–Kier alpha value is -2.08. The lowest BCUT2D eigenvalue weighted by Crippen LogP contribution is -2.37. The number of nitrogens with zero attached hydrogens (tertiary/aromatic N) is 3. The third-order valence-corrected chi connectivity index (χ3v) is 5.87. The van der Waals surface area contributed by atoms with E-state index >= 15 is 0 Å². The maximum atomic E-state index is 12.3. The van der Waals surface area contributed by atoms with Crippen LogP contribution in [0.1, 0.15) is 20.8 Å². The van der Waals surface area contributed by atoms with E-state index in [0.717, 1.165) is 42.6 Å². The molecular formula is C20H25N3O2S. The number of hydrogen-bond donors (Lipinski definition) is 0. The molecular weight excluding hydrogens is 346 g/mol. The number of ether oxygens (including phenoxy) is 1. The molecule has 2 aromatic rings. The lowest BCUT2D eigenvalue weighted by molar-refractivity contribution is 0.0282. The number of fused-ring (bicyclic) bond motifs is 1. The van der Waals surface area contributed by atoms with Gasteiger partial charge in [-0.25, -0.2) is 9.78 Å². The van der Waals surface area contributed by atoms with Crippen LogP contribution in [0.25, 0.3) is 11.3 Å². The highest BCUT2D eigenvalue weighted by atomic mass is 32.1. The lowest BCUT2D eigenvalue weighted by atomic mass is 10.0. The van der Waals surface area contributed by atoms with Crippen LogP contribution in [0.15, 0.2) is 35.7 Å². The molecule has 3 heterocycles. The first-order valence-electron chi connectivity index (χ1n) is 9.13. The number of aromatic nitrogens is 1. The molecule has 0 spiro atoms. The number of hydrogen-bond acceptors (Lipinski definition) is 5. The first kappa shape index (κ1) is 17.3. The summed E-state index contributed by atoms with van der Waals surface area (Å²) in [6.07, 6.45) is -0.181. The first-order chi connectivity index (χ1) is 12.4. The summed E-state index contributed by atoms with van der Waals surface area (Å²) in [7, 11) is 0. The van der Waals surface area contributed by atoms with E-state index < -0.39 is 5.60 Å². The van der Waals surface area contributed by atoms with Crippen molar-refractivity contribution >= 4 is 22.6 Å². The third kappa shape index (κ3) is 3.56. The predicted octanol–water partition coefficient (Wildman–Crippen LogP) is 4.11. The van der Waals surface area contributed by atoms with Gasteiger partial charge >= 0.3 is 6.09 Å². The Morgan fingerprint density at radius 2 is 1.77 bits per heavy atom. The number of carbonyl (C=O) groups excluding carboxylic acids is 1. The number of anilines is 1. The van der Waals surface area contributed by atoms with Crippen molar-refractivity contribution in [2.45, 2.75) is 26.4 Å². The molecule has 4 rings (SSSR count). The minimum Gasteiger partial charge on any atom is -0.444 e. The molecule has 0 radical (unpaired) electrons. The largest absolute Gasteiger partial charge is 0.444 e.